The van der Waals surface area contributed by atoms with Crippen molar-refractivity contribution in [2.45, 2.75) is 45.6 Å². The van der Waals surface area contributed by atoms with Crippen LogP contribution in [-0.4, -0.2) is 6.04 Å². The zero-order chi connectivity index (χ0) is 14.7. The number of halogens is 1. The maximum atomic E-state index is 13.5. The lowest BCUT2D eigenvalue weighted by Crippen LogP contribution is -2.14. The molecule has 1 fully saturated rings. The predicted octanol–water partition coefficient (Wildman–Crippen LogP) is 4.16. The van der Waals surface area contributed by atoms with Crippen molar-refractivity contribution in [1.29, 1.82) is 0 Å². The van der Waals surface area contributed by atoms with Gasteiger partial charge in [0, 0.05) is 27.9 Å². The molecule has 2 nitrogen and oxygen atoms in total. The molecule has 1 N–H and O–H groups in total. The lowest BCUT2D eigenvalue weighted by molar-refractivity contribution is 0.105. The molecule has 0 unspecified atom stereocenters. The molecule has 0 bridgehead atoms. The van der Waals surface area contributed by atoms with Crippen LogP contribution in [0.3, 0.4) is 0 Å². The third-order valence-electron chi connectivity index (χ3n) is 3.69. The molecular formula is C17H20FNOS. The van der Waals surface area contributed by atoms with Gasteiger partial charge >= 0.3 is 0 Å². The van der Waals surface area contributed by atoms with Gasteiger partial charge in [-0.2, -0.15) is 0 Å². The van der Waals surface area contributed by atoms with Gasteiger partial charge in [-0.05, 0) is 37.5 Å². The average molecular weight is 305 g/mol. The number of hydrogen-bond acceptors (Lipinski definition) is 3. The molecule has 1 aliphatic rings. The Hall–Kier alpha value is -1.23. The van der Waals surface area contributed by atoms with Crippen molar-refractivity contribution in [1.82, 2.24) is 5.32 Å². The highest BCUT2D eigenvalue weighted by atomic mass is 32.1. The number of hydrogen-bond donors (Lipinski definition) is 1. The standard InChI is InChI=1S/C17H20FNOS/c1-12-14(8-16(21-12)9-19-15-6-7-15)11-20-10-13-4-2-3-5-17(13)18/h2-5,8,15,19H,6-7,9-11H2,1H3. The molecule has 0 saturated heterocycles. The minimum absolute atomic E-state index is 0.200. The van der Waals surface area contributed by atoms with Crippen LogP contribution in [0.5, 0.6) is 0 Å². The molecule has 4 heteroatoms. The van der Waals surface area contributed by atoms with Crippen molar-refractivity contribution < 1.29 is 9.13 Å². The lowest BCUT2D eigenvalue weighted by atomic mass is 10.2. The Morgan fingerprint density at radius 1 is 1.24 bits per heavy atom. The number of nitrogens with one attached hydrogen (secondary N) is 1. The highest BCUT2D eigenvalue weighted by molar-refractivity contribution is 7.12. The van der Waals surface area contributed by atoms with Crippen molar-refractivity contribution in [3.05, 3.63) is 57.0 Å². The lowest BCUT2D eigenvalue weighted by Gasteiger charge is -2.05. The minimum Gasteiger partial charge on any atom is -0.372 e. The van der Waals surface area contributed by atoms with Crippen LogP contribution in [0.15, 0.2) is 30.3 Å². The van der Waals surface area contributed by atoms with Crippen molar-refractivity contribution >= 4 is 11.3 Å². The van der Waals surface area contributed by atoms with Gasteiger partial charge in [0.05, 0.1) is 13.2 Å². The fraction of sp³-hybridized carbons (Fsp3) is 0.412. The van der Waals surface area contributed by atoms with E-state index in [0.29, 0.717) is 18.8 Å². The van der Waals surface area contributed by atoms with Crippen LogP contribution >= 0.6 is 11.3 Å². The van der Waals surface area contributed by atoms with Crippen molar-refractivity contribution in [2.24, 2.45) is 0 Å². The Bertz CT molecular complexity index is 607. The van der Waals surface area contributed by atoms with Gasteiger partial charge < -0.3 is 10.1 Å². The summed E-state index contributed by atoms with van der Waals surface area (Å²) in [5, 5.41) is 3.52. The first-order chi connectivity index (χ1) is 10.2. The van der Waals surface area contributed by atoms with Gasteiger partial charge in [0.1, 0.15) is 5.82 Å². The Labute approximate surface area is 129 Å². The van der Waals surface area contributed by atoms with Crippen LogP contribution in [0.25, 0.3) is 0 Å². The van der Waals surface area contributed by atoms with Crippen molar-refractivity contribution in [3.63, 3.8) is 0 Å². The fourth-order valence-corrected chi connectivity index (χ4v) is 3.24. The molecule has 1 aromatic carbocycles. The first-order valence-electron chi connectivity index (χ1n) is 7.35. The monoisotopic (exact) mass is 305 g/mol. The summed E-state index contributed by atoms with van der Waals surface area (Å²) in [5.41, 5.74) is 1.82. The molecule has 1 aromatic heterocycles. The van der Waals surface area contributed by atoms with Crippen molar-refractivity contribution in [2.75, 3.05) is 0 Å². The third-order valence-corrected chi connectivity index (χ3v) is 4.78. The van der Waals surface area contributed by atoms with Gasteiger partial charge in [-0.3, -0.25) is 0 Å². The SMILES string of the molecule is Cc1sc(CNC2CC2)cc1COCc1ccccc1F. The summed E-state index contributed by atoms with van der Waals surface area (Å²) in [6, 6.07) is 9.70. The molecule has 1 aliphatic carbocycles. The van der Waals surface area contributed by atoms with Gasteiger partial charge in [-0.25, -0.2) is 4.39 Å². The van der Waals surface area contributed by atoms with Crippen LogP contribution in [0, 0.1) is 12.7 Å². The molecule has 0 aliphatic heterocycles. The van der Waals surface area contributed by atoms with E-state index in [1.54, 1.807) is 12.1 Å². The van der Waals surface area contributed by atoms with Gasteiger partial charge in [-0.1, -0.05) is 18.2 Å². The molecule has 1 heterocycles. The highest BCUT2D eigenvalue weighted by Gasteiger charge is 2.20. The Morgan fingerprint density at radius 2 is 2.00 bits per heavy atom. The van der Waals surface area contributed by atoms with Crippen LogP contribution in [0.4, 0.5) is 4.39 Å². The van der Waals surface area contributed by atoms with Crippen molar-refractivity contribution in [3.8, 4) is 0 Å². The molecule has 0 atom stereocenters. The first kappa shape index (κ1) is 14.7. The Balaban J connectivity index is 1.51. The normalized spacial score (nSPS) is 14.6. The maximum absolute atomic E-state index is 13.5. The summed E-state index contributed by atoms with van der Waals surface area (Å²) in [5.74, 6) is -0.200. The smallest absolute Gasteiger partial charge is 0.128 e. The van der Waals surface area contributed by atoms with E-state index in [-0.39, 0.29) is 5.82 Å². The van der Waals surface area contributed by atoms with Crippen LogP contribution in [0.1, 0.15) is 33.7 Å². The quantitative estimate of drug-likeness (QED) is 0.829. The molecular weight excluding hydrogens is 285 g/mol. The largest absolute Gasteiger partial charge is 0.372 e. The number of thiophene rings is 1. The van der Waals surface area contributed by atoms with Crippen LogP contribution in [0.2, 0.25) is 0 Å². The highest BCUT2D eigenvalue weighted by Crippen LogP contribution is 2.25. The topological polar surface area (TPSA) is 21.3 Å². The summed E-state index contributed by atoms with van der Waals surface area (Å²) in [6.45, 7) is 3.92. The zero-order valence-electron chi connectivity index (χ0n) is 12.2. The van der Waals surface area contributed by atoms with E-state index in [4.69, 9.17) is 4.74 Å². The van der Waals surface area contributed by atoms with Crippen LogP contribution < -0.4 is 5.32 Å². The summed E-state index contributed by atoms with van der Waals surface area (Å²) in [4.78, 5) is 2.64. The molecule has 112 valence electrons. The summed E-state index contributed by atoms with van der Waals surface area (Å²) in [7, 11) is 0. The van der Waals surface area contributed by atoms with Gasteiger partial charge in [0.25, 0.3) is 0 Å². The summed E-state index contributed by atoms with van der Waals surface area (Å²) < 4.78 is 19.2. The number of benzene rings is 1. The van der Waals surface area contributed by atoms with E-state index in [1.807, 2.05) is 17.4 Å². The van der Waals surface area contributed by atoms with Crippen LogP contribution in [-0.2, 0) is 24.5 Å². The molecule has 2 aromatic rings. The zero-order valence-corrected chi connectivity index (χ0v) is 13.0. The molecule has 3 rings (SSSR count). The molecule has 0 spiro atoms. The van der Waals surface area contributed by atoms with E-state index >= 15 is 0 Å². The third kappa shape index (κ3) is 4.13. The van der Waals surface area contributed by atoms with E-state index in [2.05, 4.69) is 18.3 Å². The average Bonchev–Trinajstić information content (AvgIpc) is 3.23. The molecule has 0 amide bonds. The summed E-state index contributed by atoms with van der Waals surface area (Å²) >= 11 is 1.82. The predicted molar refractivity (Wildman–Crippen MR) is 83.8 cm³/mol. The van der Waals surface area contributed by atoms with E-state index in [1.165, 1.54) is 34.2 Å². The van der Waals surface area contributed by atoms with E-state index in [9.17, 15) is 4.39 Å². The summed E-state index contributed by atoms with van der Waals surface area (Å²) in [6.07, 6.45) is 2.62. The molecule has 1 saturated carbocycles. The molecule has 21 heavy (non-hydrogen) atoms. The maximum Gasteiger partial charge on any atom is 0.128 e. The molecule has 0 radical (unpaired) electrons. The van der Waals surface area contributed by atoms with E-state index < -0.39 is 0 Å². The van der Waals surface area contributed by atoms with Gasteiger partial charge in [0.2, 0.25) is 0 Å². The van der Waals surface area contributed by atoms with Gasteiger partial charge in [0.15, 0.2) is 0 Å². The number of ether oxygens (including phenoxy) is 1. The number of aryl methyl sites for hydroxylation is 1. The second kappa shape index (κ2) is 6.69. The Morgan fingerprint density at radius 3 is 2.76 bits per heavy atom. The van der Waals surface area contributed by atoms with Gasteiger partial charge in [-0.15, -0.1) is 11.3 Å². The Kier molecular flexibility index (Phi) is 4.68. The second-order valence-electron chi connectivity index (χ2n) is 5.53. The second-order valence-corrected chi connectivity index (χ2v) is 6.87. The number of rotatable bonds is 7. The minimum atomic E-state index is -0.200. The fourth-order valence-electron chi connectivity index (χ4n) is 2.24. The first-order valence-corrected chi connectivity index (χ1v) is 8.17. The van der Waals surface area contributed by atoms with E-state index in [0.717, 1.165) is 12.6 Å².